The highest BCUT2D eigenvalue weighted by Gasteiger charge is 2.39. The van der Waals surface area contributed by atoms with Gasteiger partial charge in [-0.25, -0.2) is 0 Å². The first-order valence-electron chi connectivity index (χ1n) is 5.75. The molecule has 1 aliphatic rings. The maximum Gasteiger partial charge on any atom is 0.245 e. The van der Waals surface area contributed by atoms with Gasteiger partial charge in [-0.3, -0.25) is 4.79 Å². The van der Waals surface area contributed by atoms with Gasteiger partial charge in [-0.1, -0.05) is 0 Å². The third kappa shape index (κ3) is 3.29. The molecular formula is C11H21N3O2S. The maximum atomic E-state index is 11.8. The Bertz CT molecular complexity index is 307. The van der Waals surface area contributed by atoms with Crippen molar-refractivity contribution in [2.75, 3.05) is 26.8 Å². The number of amides is 1. The van der Waals surface area contributed by atoms with E-state index in [1.54, 1.807) is 7.11 Å². The second-order valence-corrected chi connectivity index (χ2v) is 5.16. The van der Waals surface area contributed by atoms with E-state index in [0.29, 0.717) is 18.3 Å². The summed E-state index contributed by atoms with van der Waals surface area (Å²) in [6.07, 6.45) is 0. The van der Waals surface area contributed by atoms with E-state index >= 15 is 0 Å². The van der Waals surface area contributed by atoms with Crippen LogP contribution in [0.5, 0.6) is 0 Å². The zero-order chi connectivity index (χ0) is 13.1. The molecule has 1 rings (SSSR count). The second-order valence-electron chi connectivity index (χ2n) is 4.77. The van der Waals surface area contributed by atoms with E-state index in [1.807, 2.05) is 25.7 Å². The second kappa shape index (κ2) is 5.64. The summed E-state index contributed by atoms with van der Waals surface area (Å²) in [5.41, 5.74) is -0.602. The molecule has 1 saturated heterocycles. The molecule has 98 valence electrons. The first kappa shape index (κ1) is 14.2. The summed E-state index contributed by atoms with van der Waals surface area (Å²) in [4.78, 5) is 13.7. The molecule has 0 aromatic heterocycles. The highest BCUT2D eigenvalue weighted by Crippen LogP contribution is 2.17. The van der Waals surface area contributed by atoms with Gasteiger partial charge in [-0.05, 0) is 33.0 Å². The standard InChI is InChI=1S/C11H21N3O2S/c1-8(7-16-4)13-10(17)14-6-5-12-9(15)11(14,2)3/h8H,5-7H2,1-4H3,(H,12,15)(H,13,17). The van der Waals surface area contributed by atoms with E-state index in [1.165, 1.54) is 0 Å². The van der Waals surface area contributed by atoms with Crippen molar-refractivity contribution < 1.29 is 9.53 Å². The van der Waals surface area contributed by atoms with E-state index in [9.17, 15) is 4.79 Å². The fraction of sp³-hybridized carbons (Fsp3) is 0.818. The molecule has 0 saturated carbocycles. The van der Waals surface area contributed by atoms with Crippen LogP contribution in [0.15, 0.2) is 0 Å². The molecule has 0 radical (unpaired) electrons. The average molecular weight is 259 g/mol. The van der Waals surface area contributed by atoms with Gasteiger partial charge < -0.3 is 20.3 Å². The van der Waals surface area contributed by atoms with E-state index in [4.69, 9.17) is 17.0 Å². The Hall–Kier alpha value is -0.880. The number of carbonyl (C=O) groups excluding carboxylic acids is 1. The molecule has 1 amide bonds. The van der Waals surface area contributed by atoms with Gasteiger partial charge in [0.1, 0.15) is 5.54 Å². The fourth-order valence-corrected chi connectivity index (χ4v) is 2.36. The van der Waals surface area contributed by atoms with Crippen molar-refractivity contribution in [2.24, 2.45) is 0 Å². The first-order valence-corrected chi connectivity index (χ1v) is 6.15. The van der Waals surface area contributed by atoms with Gasteiger partial charge in [0, 0.05) is 26.2 Å². The fourth-order valence-electron chi connectivity index (χ4n) is 1.84. The number of carbonyl (C=O) groups is 1. The van der Waals surface area contributed by atoms with Gasteiger partial charge in [-0.2, -0.15) is 0 Å². The summed E-state index contributed by atoms with van der Waals surface area (Å²) in [5.74, 6) is 0.00675. The van der Waals surface area contributed by atoms with E-state index in [-0.39, 0.29) is 11.9 Å². The molecule has 0 aromatic rings. The van der Waals surface area contributed by atoms with Crippen LogP contribution < -0.4 is 10.6 Å². The predicted molar refractivity (Wildman–Crippen MR) is 70.9 cm³/mol. The number of rotatable bonds is 3. The largest absolute Gasteiger partial charge is 0.383 e. The van der Waals surface area contributed by atoms with Crippen molar-refractivity contribution in [1.82, 2.24) is 15.5 Å². The molecule has 2 N–H and O–H groups in total. The van der Waals surface area contributed by atoms with Crippen LogP contribution in [0.25, 0.3) is 0 Å². The molecular weight excluding hydrogens is 238 g/mol. The number of ether oxygens (including phenoxy) is 1. The molecule has 0 spiro atoms. The average Bonchev–Trinajstić information content (AvgIpc) is 2.22. The van der Waals surface area contributed by atoms with Gasteiger partial charge in [0.15, 0.2) is 5.11 Å². The number of nitrogens with zero attached hydrogens (tertiary/aromatic N) is 1. The van der Waals surface area contributed by atoms with Gasteiger partial charge >= 0.3 is 0 Å². The Kier molecular flexibility index (Phi) is 4.70. The Morgan fingerprint density at radius 3 is 2.94 bits per heavy atom. The highest BCUT2D eigenvalue weighted by atomic mass is 32.1. The molecule has 1 unspecified atom stereocenters. The lowest BCUT2D eigenvalue weighted by Gasteiger charge is -2.43. The lowest BCUT2D eigenvalue weighted by atomic mass is 10.00. The summed E-state index contributed by atoms with van der Waals surface area (Å²) in [7, 11) is 1.65. The summed E-state index contributed by atoms with van der Waals surface area (Å²) >= 11 is 5.35. The Morgan fingerprint density at radius 2 is 2.35 bits per heavy atom. The monoisotopic (exact) mass is 259 g/mol. The van der Waals surface area contributed by atoms with Crippen molar-refractivity contribution in [1.29, 1.82) is 0 Å². The van der Waals surface area contributed by atoms with Crippen LogP contribution in [0.3, 0.4) is 0 Å². The number of hydrogen-bond acceptors (Lipinski definition) is 3. The van der Waals surface area contributed by atoms with Crippen molar-refractivity contribution in [2.45, 2.75) is 32.4 Å². The number of piperazine rings is 1. The Balaban J connectivity index is 2.64. The molecule has 1 heterocycles. The van der Waals surface area contributed by atoms with Crippen molar-refractivity contribution >= 4 is 23.2 Å². The first-order chi connectivity index (χ1) is 7.89. The van der Waals surface area contributed by atoms with E-state index in [0.717, 1.165) is 6.54 Å². The van der Waals surface area contributed by atoms with Crippen LogP contribution in [0, 0.1) is 0 Å². The summed E-state index contributed by atoms with van der Waals surface area (Å²) in [6, 6.07) is 0.133. The topological polar surface area (TPSA) is 53.6 Å². The van der Waals surface area contributed by atoms with Gasteiger partial charge in [-0.15, -0.1) is 0 Å². The molecule has 6 heteroatoms. The van der Waals surface area contributed by atoms with Crippen LogP contribution in [-0.4, -0.2) is 54.3 Å². The number of nitrogens with one attached hydrogen (secondary N) is 2. The smallest absolute Gasteiger partial charge is 0.245 e. The third-order valence-corrected chi connectivity index (χ3v) is 3.22. The summed E-state index contributed by atoms with van der Waals surface area (Å²) < 4.78 is 5.05. The maximum absolute atomic E-state index is 11.8. The van der Waals surface area contributed by atoms with E-state index < -0.39 is 5.54 Å². The quantitative estimate of drug-likeness (QED) is 0.705. The molecule has 0 bridgehead atoms. The number of thiocarbonyl (C=S) groups is 1. The minimum absolute atomic E-state index is 0.00675. The molecule has 17 heavy (non-hydrogen) atoms. The van der Waals surface area contributed by atoms with Crippen LogP contribution in [-0.2, 0) is 9.53 Å². The third-order valence-electron chi connectivity index (χ3n) is 2.88. The van der Waals surface area contributed by atoms with Crippen LogP contribution in [0.1, 0.15) is 20.8 Å². The van der Waals surface area contributed by atoms with Gasteiger partial charge in [0.2, 0.25) is 5.91 Å². The van der Waals surface area contributed by atoms with Crippen LogP contribution in [0.4, 0.5) is 0 Å². The predicted octanol–water partition coefficient (Wildman–Crippen LogP) is 0.106. The normalized spacial score (nSPS) is 20.7. The minimum Gasteiger partial charge on any atom is -0.383 e. The molecule has 0 aliphatic carbocycles. The van der Waals surface area contributed by atoms with Gasteiger partial charge in [0.05, 0.1) is 6.61 Å². The van der Waals surface area contributed by atoms with Crippen LogP contribution in [0.2, 0.25) is 0 Å². The number of hydrogen-bond donors (Lipinski definition) is 2. The lowest BCUT2D eigenvalue weighted by Crippen LogP contribution is -2.65. The number of methoxy groups -OCH3 is 1. The van der Waals surface area contributed by atoms with E-state index in [2.05, 4.69) is 10.6 Å². The molecule has 1 aliphatic heterocycles. The summed E-state index contributed by atoms with van der Waals surface area (Å²) in [6.45, 7) is 7.67. The van der Waals surface area contributed by atoms with Gasteiger partial charge in [0.25, 0.3) is 0 Å². The lowest BCUT2D eigenvalue weighted by molar-refractivity contribution is -0.132. The zero-order valence-electron chi connectivity index (χ0n) is 10.9. The van der Waals surface area contributed by atoms with Crippen LogP contribution >= 0.6 is 12.2 Å². The zero-order valence-corrected chi connectivity index (χ0v) is 11.7. The molecule has 5 nitrogen and oxygen atoms in total. The minimum atomic E-state index is -0.602. The molecule has 1 atom stereocenters. The highest BCUT2D eigenvalue weighted by molar-refractivity contribution is 7.80. The van der Waals surface area contributed by atoms with Crippen molar-refractivity contribution in [3.05, 3.63) is 0 Å². The van der Waals surface area contributed by atoms with Crippen molar-refractivity contribution in [3.63, 3.8) is 0 Å². The van der Waals surface area contributed by atoms with Crippen molar-refractivity contribution in [3.8, 4) is 0 Å². The SMILES string of the molecule is COCC(C)NC(=S)N1CCNC(=O)C1(C)C. The Labute approximate surface area is 108 Å². The summed E-state index contributed by atoms with van der Waals surface area (Å²) in [5, 5.41) is 6.63. The Morgan fingerprint density at radius 1 is 1.71 bits per heavy atom. The molecule has 1 fully saturated rings. The molecule has 0 aromatic carbocycles.